The highest BCUT2D eigenvalue weighted by Gasteiger charge is 2.13. The van der Waals surface area contributed by atoms with Crippen LogP contribution in [-0.4, -0.2) is 23.2 Å². The lowest BCUT2D eigenvalue weighted by molar-refractivity contribution is 0.0638. The molecule has 0 aromatic rings. The molecule has 0 aromatic carbocycles. The Hall–Kier alpha value is 0.400. The number of hydrogen-bond donors (Lipinski definition) is 0. The van der Waals surface area contributed by atoms with Crippen LogP contribution in [0.5, 0.6) is 0 Å². The molecule has 0 amide bonds. The van der Waals surface area contributed by atoms with Crippen LogP contribution in [0.1, 0.15) is 25.7 Å². The number of ether oxygens (including phenoxy) is 1. The molecule has 1 heterocycles. The van der Waals surface area contributed by atoms with Crippen molar-refractivity contribution in [1.29, 1.82) is 0 Å². The standard InChI is InChI=1S/C8H15ClO2S/c9-12(10)7-1-2-8-3-5-11-6-4-8/h8H,1-7H2. The van der Waals surface area contributed by atoms with Crippen LogP contribution in [0.25, 0.3) is 0 Å². The maximum absolute atomic E-state index is 10.5. The summed E-state index contributed by atoms with van der Waals surface area (Å²) in [5.41, 5.74) is 0. The molecule has 12 heavy (non-hydrogen) atoms. The maximum Gasteiger partial charge on any atom is 0.114 e. The average molecular weight is 211 g/mol. The lowest BCUT2D eigenvalue weighted by Gasteiger charge is -2.21. The topological polar surface area (TPSA) is 26.3 Å². The first-order valence-electron chi connectivity index (χ1n) is 4.41. The molecule has 0 aromatic heterocycles. The molecule has 0 N–H and O–H groups in total. The van der Waals surface area contributed by atoms with E-state index in [1.54, 1.807) is 0 Å². The predicted octanol–water partition coefficient (Wildman–Crippen LogP) is 2.10. The van der Waals surface area contributed by atoms with Crippen LogP contribution in [0, 0.1) is 5.92 Å². The Morgan fingerprint density at radius 3 is 2.67 bits per heavy atom. The molecule has 1 aliphatic rings. The van der Waals surface area contributed by atoms with Gasteiger partial charge in [0.15, 0.2) is 0 Å². The number of rotatable bonds is 4. The van der Waals surface area contributed by atoms with Gasteiger partial charge in [-0.15, -0.1) is 0 Å². The maximum atomic E-state index is 10.5. The van der Waals surface area contributed by atoms with Crippen LogP contribution in [0.3, 0.4) is 0 Å². The van der Waals surface area contributed by atoms with E-state index in [-0.39, 0.29) is 0 Å². The Kier molecular flexibility index (Phi) is 5.19. The van der Waals surface area contributed by atoms with Crippen molar-refractivity contribution in [3.63, 3.8) is 0 Å². The summed E-state index contributed by atoms with van der Waals surface area (Å²) in [5.74, 6) is 1.41. The van der Waals surface area contributed by atoms with E-state index in [1.165, 1.54) is 0 Å². The lowest BCUT2D eigenvalue weighted by atomic mass is 9.95. The summed E-state index contributed by atoms with van der Waals surface area (Å²) in [4.78, 5) is 0. The van der Waals surface area contributed by atoms with E-state index in [1.807, 2.05) is 0 Å². The summed E-state index contributed by atoms with van der Waals surface area (Å²) in [5, 5.41) is 0. The monoisotopic (exact) mass is 210 g/mol. The first-order chi connectivity index (χ1) is 5.79. The molecule has 1 fully saturated rings. The average Bonchev–Trinajstić information content (AvgIpc) is 2.05. The molecule has 4 heteroatoms. The van der Waals surface area contributed by atoms with Gasteiger partial charge in [0.2, 0.25) is 0 Å². The normalized spacial score (nSPS) is 22.4. The van der Waals surface area contributed by atoms with E-state index in [0.29, 0.717) is 5.75 Å². The Bertz CT molecular complexity index is 146. The van der Waals surface area contributed by atoms with Crippen LogP contribution in [0.4, 0.5) is 0 Å². The van der Waals surface area contributed by atoms with Gasteiger partial charge in [-0.3, -0.25) is 0 Å². The summed E-state index contributed by atoms with van der Waals surface area (Å²) in [6.45, 7) is 1.79. The largest absolute Gasteiger partial charge is 0.381 e. The molecule has 1 rings (SSSR count). The highest BCUT2D eigenvalue weighted by atomic mass is 35.7. The molecule has 1 aliphatic heterocycles. The highest BCUT2D eigenvalue weighted by molar-refractivity contribution is 8.08. The molecule has 0 saturated carbocycles. The second kappa shape index (κ2) is 5.95. The zero-order valence-corrected chi connectivity index (χ0v) is 8.70. The number of halogens is 1. The van der Waals surface area contributed by atoms with Crippen molar-refractivity contribution < 1.29 is 8.95 Å². The zero-order valence-electron chi connectivity index (χ0n) is 7.13. The van der Waals surface area contributed by atoms with Crippen LogP contribution < -0.4 is 0 Å². The molecule has 0 bridgehead atoms. The molecule has 2 nitrogen and oxygen atoms in total. The molecular formula is C8H15ClO2S. The van der Waals surface area contributed by atoms with Crippen LogP contribution in [-0.2, 0) is 14.7 Å². The first-order valence-corrected chi connectivity index (χ1v) is 6.56. The first kappa shape index (κ1) is 10.5. The van der Waals surface area contributed by atoms with Crippen LogP contribution >= 0.6 is 10.7 Å². The van der Waals surface area contributed by atoms with Gasteiger partial charge in [0.05, 0.1) is 0 Å². The predicted molar refractivity (Wildman–Crippen MR) is 51.6 cm³/mol. The van der Waals surface area contributed by atoms with Crippen molar-refractivity contribution in [3.05, 3.63) is 0 Å². The van der Waals surface area contributed by atoms with Crippen LogP contribution in [0.15, 0.2) is 0 Å². The molecule has 72 valence electrons. The minimum Gasteiger partial charge on any atom is -0.381 e. The Morgan fingerprint density at radius 2 is 2.08 bits per heavy atom. The third-order valence-corrected chi connectivity index (χ3v) is 3.33. The summed E-state index contributed by atoms with van der Waals surface area (Å²) in [6.07, 6.45) is 4.46. The highest BCUT2D eigenvalue weighted by Crippen LogP contribution is 2.20. The lowest BCUT2D eigenvalue weighted by Crippen LogP contribution is -2.15. The molecule has 0 radical (unpaired) electrons. The van der Waals surface area contributed by atoms with Gasteiger partial charge in [0, 0.05) is 19.0 Å². The van der Waals surface area contributed by atoms with Crippen molar-refractivity contribution in [2.45, 2.75) is 25.7 Å². The van der Waals surface area contributed by atoms with Crippen LogP contribution in [0.2, 0.25) is 0 Å². The summed E-state index contributed by atoms with van der Waals surface area (Å²) in [6, 6.07) is 0. The summed E-state index contributed by atoms with van der Waals surface area (Å²) >= 11 is 0. The van der Waals surface area contributed by atoms with E-state index in [4.69, 9.17) is 15.4 Å². The fourth-order valence-corrected chi connectivity index (χ4v) is 2.24. The second-order valence-electron chi connectivity index (χ2n) is 3.19. The van der Waals surface area contributed by atoms with E-state index in [9.17, 15) is 4.21 Å². The Morgan fingerprint density at radius 1 is 1.42 bits per heavy atom. The minimum atomic E-state index is -1.13. The third-order valence-electron chi connectivity index (χ3n) is 2.26. The second-order valence-corrected chi connectivity index (χ2v) is 5.21. The van der Waals surface area contributed by atoms with Gasteiger partial charge in [0.1, 0.15) is 10.0 Å². The van der Waals surface area contributed by atoms with Gasteiger partial charge < -0.3 is 4.74 Å². The molecule has 1 saturated heterocycles. The van der Waals surface area contributed by atoms with Gasteiger partial charge in [-0.25, -0.2) is 4.21 Å². The minimum absolute atomic E-state index is 0.638. The van der Waals surface area contributed by atoms with Gasteiger partial charge >= 0.3 is 0 Å². The van der Waals surface area contributed by atoms with Crippen molar-refractivity contribution in [1.82, 2.24) is 0 Å². The fraction of sp³-hybridized carbons (Fsp3) is 1.00. The fourth-order valence-electron chi connectivity index (χ4n) is 1.52. The summed E-state index contributed by atoms with van der Waals surface area (Å²) in [7, 11) is 4.21. The molecule has 0 aliphatic carbocycles. The molecular weight excluding hydrogens is 196 g/mol. The SMILES string of the molecule is O=S(Cl)CCCC1CCOCC1. The van der Waals surface area contributed by atoms with Gasteiger partial charge in [-0.1, -0.05) is 0 Å². The Labute approximate surface area is 80.6 Å². The smallest absolute Gasteiger partial charge is 0.114 e. The van der Waals surface area contributed by atoms with E-state index >= 15 is 0 Å². The van der Waals surface area contributed by atoms with Crippen molar-refractivity contribution in [2.24, 2.45) is 5.92 Å². The van der Waals surface area contributed by atoms with E-state index in [2.05, 4.69) is 0 Å². The van der Waals surface area contributed by atoms with Crippen molar-refractivity contribution >= 4 is 20.7 Å². The Balaban J connectivity index is 2.01. The molecule has 1 atom stereocenters. The van der Waals surface area contributed by atoms with E-state index < -0.39 is 10.0 Å². The molecule has 0 spiro atoms. The number of hydrogen-bond acceptors (Lipinski definition) is 2. The van der Waals surface area contributed by atoms with Crippen molar-refractivity contribution in [2.75, 3.05) is 19.0 Å². The van der Waals surface area contributed by atoms with E-state index in [0.717, 1.165) is 44.8 Å². The van der Waals surface area contributed by atoms with Gasteiger partial charge in [-0.2, -0.15) is 0 Å². The van der Waals surface area contributed by atoms with Crippen molar-refractivity contribution in [3.8, 4) is 0 Å². The summed E-state index contributed by atoms with van der Waals surface area (Å²) < 4.78 is 15.8. The molecule has 1 unspecified atom stereocenters. The zero-order chi connectivity index (χ0) is 8.81. The third kappa shape index (κ3) is 4.43. The van der Waals surface area contributed by atoms with Gasteiger partial charge in [-0.05, 0) is 42.3 Å². The quantitative estimate of drug-likeness (QED) is 0.665. The van der Waals surface area contributed by atoms with Gasteiger partial charge in [0.25, 0.3) is 0 Å².